The Morgan fingerprint density at radius 3 is 1.15 bits per heavy atom. The Morgan fingerprint density at radius 2 is 0.815 bits per heavy atom. The minimum atomic E-state index is -0.749. The van der Waals surface area contributed by atoms with Crippen molar-refractivity contribution in [2.45, 2.75) is 6.92 Å². The maximum Gasteiger partial charge on any atom is 0.467 e. The van der Waals surface area contributed by atoms with E-state index in [4.69, 9.17) is 13.7 Å². The third-order valence-electron chi connectivity index (χ3n) is 4.38. The molecule has 132 valence electrons. The molecule has 0 atom stereocenters. The molecule has 1 heterocycles. The maximum absolute atomic E-state index is 13.3. The maximum atomic E-state index is 13.3. The third-order valence-corrected chi connectivity index (χ3v) is 4.38. The zero-order chi connectivity index (χ0) is 18.8. The average molecular weight is 362 g/mol. The Labute approximate surface area is 157 Å². The second-order valence-electron chi connectivity index (χ2n) is 6.42. The molecule has 1 fully saturated rings. The Bertz CT molecular complexity index is 777. The lowest BCUT2D eigenvalue weighted by atomic mass is 9.61. The van der Waals surface area contributed by atoms with Gasteiger partial charge in [0.2, 0.25) is 0 Å². The standard InChI is InChI=1S/C19H15B3F2O3/c1-14-2-4-15(5-3-14)20-25-21(16-6-10-18(23)11-7-16)27-22(26-20)17-8-12-19(24)13-9-17/h2-13H,1H3. The fraction of sp³-hybridized carbons (Fsp3) is 0.0526. The van der Waals surface area contributed by atoms with Crippen LogP contribution in [0.15, 0.2) is 72.8 Å². The smallest absolute Gasteiger partial charge is 0.445 e. The summed E-state index contributed by atoms with van der Waals surface area (Å²) in [6, 6.07) is 19.6. The summed E-state index contributed by atoms with van der Waals surface area (Å²) < 4.78 is 44.4. The summed E-state index contributed by atoms with van der Waals surface area (Å²) in [6.45, 7) is 2.00. The summed E-state index contributed by atoms with van der Waals surface area (Å²) in [5.41, 5.74) is 3.30. The molecule has 0 radical (unpaired) electrons. The summed E-state index contributed by atoms with van der Waals surface area (Å²) >= 11 is 0. The monoisotopic (exact) mass is 362 g/mol. The van der Waals surface area contributed by atoms with Crippen LogP contribution in [0.25, 0.3) is 0 Å². The van der Waals surface area contributed by atoms with Gasteiger partial charge >= 0.3 is 21.4 Å². The van der Waals surface area contributed by atoms with Crippen LogP contribution in [0.3, 0.4) is 0 Å². The Kier molecular flexibility index (Phi) is 5.12. The van der Waals surface area contributed by atoms with Gasteiger partial charge in [-0.2, -0.15) is 0 Å². The molecule has 1 aliphatic heterocycles. The molecule has 0 aliphatic carbocycles. The van der Waals surface area contributed by atoms with Crippen molar-refractivity contribution in [1.82, 2.24) is 0 Å². The fourth-order valence-corrected chi connectivity index (χ4v) is 2.87. The Balaban J connectivity index is 1.66. The van der Waals surface area contributed by atoms with Crippen LogP contribution in [0.1, 0.15) is 5.56 Å². The van der Waals surface area contributed by atoms with Gasteiger partial charge in [0.05, 0.1) is 0 Å². The molecule has 0 aromatic heterocycles. The van der Waals surface area contributed by atoms with Gasteiger partial charge in [-0.3, -0.25) is 0 Å². The first-order valence-electron chi connectivity index (χ1n) is 8.62. The number of rotatable bonds is 3. The van der Waals surface area contributed by atoms with E-state index in [0.717, 1.165) is 11.0 Å². The molecule has 1 aliphatic rings. The van der Waals surface area contributed by atoms with Crippen LogP contribution in [0, 0.1) is 18.6 Å². The van der Waals surface area contributed by atoms with Gasteiger partial charge in [0, 0.05) is 0 Å². The summed E-state index contributed by atoms with van der Waals surface area (Å²) in [6.07, 6.45) is 0. The molecule has 3 nitrogen and oxygen atoms in total. The first kappa shape index (κ1) is 18.0. The quantitative estimate of drug-likeness (QED) is 0.666. The Morgan fingerprint density at radius 1 is 0.519 bits per heavy atom. The number of aryl methyl sites for hydroxylation is 1. The largest absolute Gasteiger partial charge is 0.467 e. The SMILES string of the molecule is Cc1ccc(B2OB(c3ccc(F)cc3)OB(c3ccc(F)cc3)O2)cc1. The van der Waals surface area contributed by atoms with Crippen molar-refractivity contribution in [2.24, 2.45) is 0 Å². The van der Waals surface area contributed by atoms with Crippen molar-refractivity contribution in [3.63, 3.8) is 0 Å². The molecular weight excluding hydrogens is 347 g/mol. The summed E-state index contributed by atoms with van der Waals surface area (Å²) in [4.78, 5) is 0. The zero-order valence-corrected chi connectivity index (χ0v) is 14.6. The molecule has 8 heteroatoms. The molecule has 3 aromatic carbocycles. The van der Waals surface area contributed by atoms with Gasteiger partial charge in [0.25, 0.3) is 0 Å². The highest BCUT2D eigenvalue weighted by Gasteiger charge is 2.43. The van der Waals surface area contributed by atoms with Gasteiger partial charge < -0.3 is 13.7 Å². The number of benzene rings is 3. The van der Waals surface area contributed by atoms with Gasteiger partial charge in [-0.05, 0) is 47.6 Å². The summed E-state index contributed by atoms with van der Waals surface area (Å²) in [7, 11) is -2.18. The minimum Gasteiger partial charge on any atom is -0.445 e. The van der Waals surface area contributed by atoms with Crippen molar-refractivity contribution in [3.05, 3.63) is 90.0 Å². The summed E-state index contributed by atoms with van der Waals surface area (Å²) in [5, 5.41) is 0. The second-order valence-corrected chi connectivity index (χ2v) is 6.42. The van der Waals surface area contributed by atoms with Crippen molar-refractivity contribution in [3.8, 4) is 0 Å². The van der Waals surface area contributed by atoms with Crippen LogP contribution in [0.4, 0.5) is 8.78 Å². The molecule has 0 unspecified atom stereocenters. The first-order valence-corrected chi connectivity index (χ1v) is 8.62. The van der Waals surface area contributed by atoms with Crippen molar-refractivity contribution < 1.29 is 22.5 Å². The van der Waals surface area contributed by atoms with Crippen molar-refractivity contribution in [1.29, 1.82) is 0 Å². The van der Waals surface area contributed by atoms with Gasteiger partial charge in [0.1, 0.15) is 11.6 Å². The number of hydrogen-bond acceptors (Lipinski definition) is 3. The van der Waals surface area contributed by atoms with Crippen LogP contribution < -0.4 is 16.4 Å². The van der Waals surface area contributed by atoms with E-state index in [2.05, 4.69) is 0 Å². The van der Waals surface area contributed by atoms with Crippen molar-refractivity contribution in [2.75, 3.05) is 0 Å². The lowest BCUT2D eigenvalue weighted by Gasteiger charge is -2.31. The highest BCUT2D eigenvalue weighted by Crippen LogP contribution is 2.11. The van der Waals surface area contributed by atoms with Crippen LogP contribution in [-0.4, -0.2) is 21.4 Å². The lowest BCUT2D eigenvalue weighted by Crippen LogP contribution is -2.61. The van der Waals surface area contributed by atoms with Crippen LogP contribution in [0.5, 0.6) is 0 Å². The molecule has 0 bridgehead atoms. The molecule has 3 aromatic rings. The van der Waals surface area contributed by atoms with E-state index < -0.39 is 21.4 Å². The van der Waals surface area contributed by atoms with Gasteiger partial charge in [-0.25, -0.2) is 8.78 Å². The average Bonchev–Trinajstić information content (AvgIpc) is 2.69. The molecule has 27 heavy (non-hydrogen) atoms. The predicted molar refractivity (Wildman–Crippen MR) is 103 cm³/mol. The van der Waals surface area contributed by atoms with Crippen molar-refractivity contribution >= 4 is 37.7 Å². The lowest BCUT2D eigenvalue weighted by molar-refractivity contribution is 0.308. The van der Waals surface area contributed by atoms with E-state index in [1.54, 1.807) is 24.3 Å². The second kappa shape index (κ2) is 7.68. The predicted octanol–water partition coefficient (Wildman–Crippen LogP) is 1.82. The third kappa shape index (κ3) is 4.13. The molecule has 0 N–H and O–H groups in total. The van der Waals surface area contributed by atoms with Crippen LogP contribution in [0.2, 0.25) is 0 Å². The Hall–Kier alpha value is -2.41. The van der Waals surface area contributed by atoms with Gasteiger partial charge in [-0.15, -0.1) is 0 Å². The van der Waals surface area contributed by atoms with Crippen LogP contribution in [-0.2, 0) is 13.7 Å². The summed E-state index contributed by atoms with van der Waals surface area (Å²) in [5.74, 6) is -0.674. The highest BCUT2D eigenvalue weighted by atomic mass is 19.1. The normalized spacial score (nSPS) is 14.6. The molecular formula is C19H15B3F2O3. The molecule has 1 saturated heterocycles. The fourth-order valence-electron chi connectivity index (χ4n) is 2.87. The van der Waals surface area contributed by atoms with Crippen LogP contribution >= 0.6 is 0 Å². The topological polar surface area (TPSA) is 27.7 Å². The molecule has 0 saturated carbocycles. The van der Waals surface area contributed by atoms with Gasteiger partial charge in [-0.1, -0.05) is 54.1 Å². The number of halogens is 2. The van der Waals surface area contributed by atoms with Gasteiger partial charge in [0.15, 0.2) is 0 Å². The van der Waals surface area contributed by atoms with E-state index in [1.165, 1.54) is 24.3 Å². The zero-order valence-electron chi connectivity index (χ0n) is 14.6. The van der Waals surface area contributed by atoms with E-state index in [9.17, 15) is 8.78 Å². The van der Waals surface area contributed by atoms with E-state index in [0.29, 0.717) is 10.9 Å². The first-order chi connectivity index (χ1) is 13.1. The molecule has 0 spiro atoms. The molecule has 0 amide bonds. The minimum absolute atomic E-state index is 0.337. The molecule has 4 rings (SSSR count). The number of hydrogen-bond donors (Lipinski definition) is 0. The highest BCUT2D eigenvalue weighted by molar-refractivity contribution is 6.87. The van der Waals surface area contributed by atoms with E-state index >= 15 is 0 Å². The van der Waals surface area contributed by atoms with E-state index in [1.807, 2.05) is 31.2 Å². The van der Waals surface area contributed by atoms with E-state index in [-0.39, 0.29) is 11.6 Å².